The van der Waals surface area contributed by atoms with Crippen molar-refractivity contribution >= 4 is 12.6 Å². The van der Waals surface area contributed by atoms with Gasteiger partial charge in [0.25, 0.3) is 0 Å². The molecule has 0 aliphatic carbocycles. The second-order valence-corrected chi connectivity index (χ2v) is 5.62. The van der Waals surface area contributed by atoms with Crippen molar-refractivity contribution in [2.24, 2.45) is 5.92 Å². The largest absolute Gasteiger partial charge is 0.488 e. The molecule has 0 heterocycles. The summed E-state index contributed by atoms with van der Waals surface area (Å²) in [6.07, 6.45) is 6.93. The third-order valence-electron chi connectivity index (χ3n) is 3.42. The lowest BCUT2D eigenvalue weighted by molar-refractivity contribution is 0.426. The first kappa shape index (κ1) is 16.0. The van der Waals surface area contributed by atoms with Gasteiger partial charge in [-0.15, -0.1) is 0 Å². The fourth-order valence-corrected chi connectivity index (χ4v) is 2.07. The summed E-state index contributed by atoms with van der Waals surface area (Å²) in [4.78, 5) is 0. The summed E-state index contributed by atoms with van der Waals surface area (Å²) < 4.78 is 0. The number of aryl methyl sites for hydroxylation is 1. The maximum Gasteiger partial charge on any atom is 0.488 e. The number of hydrogen-bond acceptors (Lipinski definition) is 2. The van der Waals surface area contributed by atoms with Crippen molar-refractivity contribution in [2.45, 2.75) is 46.5 Å². The molecule has 19 heavy (non-hydrogen) atoms. The van der Waals surface area contributed by atoms with Gasteiger partial charge in [-0.2, -0.15) is 0 Å². The smallest absolute Gasteiger partial charge is 0.423 e. The molecule has 0 spiro atoms. The summed E-state index contributed by atoms with van der Waals surface area (Å²) in [5, 5.41) is 18.0. The second-order valence-electron chi connectivity index (χ2n) is 5.62. The molecule has 0 fully saturated rings. The molecule has 0 saturated carbocycles. The summed E-state index contributed by atoms with van der Waals surface area (Å²) in [7, 11) is -1.36. The van der Waals surface area contributed by atoms with Gasteiger partial charge in [0.15, 0.2) is 0 Å². The molecule has 0 aromatic heterocycles. The third kappa shape index (κ3) is 6.60. The van der Waals surface area contributed by atoms with E-state index in [1.54, 1.807) is 12.1 Å². The Hall–Kier alpha value is -1.06. The Balaban J connectivity index is 2.33. The number of rotatable bonds is 7. The van der Waals surface area contributed by atoms with Crippen LogP contribution in [0.25, 0.3) is 0 Å². The van der Waals surface area contributed by atoms with E-state index in [1.165, 1.54) is 30.4 Å². The lowest BCUT2D eigenvalue weighted by Crippen LogP contribution is -2.29. The number of benzene rings is 1. The van der Waals surface area contributed by atoms with E-state index in [4.69, 9.17) is 10.0 Å². The van der Waals surface area contributed by atoms with Gasteiger partial charge in [-0.25, -0.2) is 0 Å². The third-order valence-corrected chi connectivity index (χ3v) is 3.42. The van der Waals surface area contributed by atoms with E-state index >= 15 is 0 Å². The Labute approximate surface area is 117 Å². The molecule has 0 amide bonds. The molecular weight excluding hydrogens is 235 g/mol. The molecule has 1 atom stereocenters. The van der Waals surface area contributed by atoms with Gasteiger partial charge in [0, 0.05) is 0 Å². The Morgan fingerprint density at radius 3 is 2.32 bits per heavy atom. The highest BCUT2D eigenvalue weighted by Gasteiger charge is 2.09. The maximum absolute atomic E-state index is 9.02. The van der Waals surface area contributed by atoms with E-state index in [0.717, 1.165) is 12.3 Å². The Morgan fingerprint density at radius 2 is 1.79 bits per heavy atom. The molecule has 1 aromatic carbocycles. The number of hydrogen-bond donors (Lipinski definition) is 2. The first-order valence-electron chi connectivity index (χ1n) is 7.07. The highest BCUT2D eigenvalue weighted by molar-refractivity contribution is 6.58. The molecular formula is C16H25BO2. The quantitative estimate of drug-likeness (QED) is 0.584. The van der Waals surface area contributed by atoms with Crippen LogP contribution in [0.1, 0.15) is 45.6 Å². The molecule has 0 aliphatic heterocycles. The van der Waals surface area contributed by atoms with Crippen molar-refractivity contribution in [1.82, 2.24) is 0 Å². The van der Waals surface area contributed by atoms with Crippen LogP contribution in [0.2, 0.25) is 0 Å². The van der Waals surface area contributed by atoms with Crippen molar-refractivity contribution in [2.75, 3.05) is 0 Å². The minimum absolute atomic E-state index is 0.556. The fraction of sp³-hybridized carbons (Fsp3) is 0.500. The van der Waals surface area contributed by atoms with E-state index in [2.05, 4.69) is 26.8 Å². The molecule has 2 nitrogen and oxygen atoms in total. The van der Waals surface area contributed by atoms with Gasteiger partial charge < -0.3 is 10.0 Å². The average Bonchev–Trinajstić information content (AvgIpc) is 2.36. The highest BCUT2D eigenvalue weighted by atomic mass is 16.4. The van der Waals surface area contributed by atoms with E-state index in [0.29, 0.717) is 5.46 Å². The van der Waals surface area contributed by atoms with Crippen molar-refractivity contribution in [3.8, 4) is 0 Å². The van der Waals surface area contributed by atoms with Crippen LogP contribution in [0.4, 0.5) is 0 Å². The van der Waals surface area contributed by atoms with Gasteiger partial charge in [-0.3, -0.25) is 0 Å². The summed E-state index contributed by atoms with van der Waals surface area (Å²) in [6.45, 7) is 6.58. The Morgan fingerprint density at radius 1 is 1.16 bits per heavy atom. The predicted molar refractivity (Wildman–Crippen MR) is 82.4 cm³/mol. The first-order chi connectivity index (χ1) is 8.99. The fourth-order valence-electron chi connectivity index (χ4n) is 2.07. The SMILES string of the molecule is CC(C)=CCC[C@H](C)CCc1ccc(B(O)O)cc1. The highest BCUT2D eigenvalue weighted by Crippen LogP contribution is 2.15. The normalized spacial score (nSPS) is 12.1. The second kappa shape index (κ2) is 8.18. The first-order valence-corrected chi connectivity index (χ1v) is 7.07. The minimum atomic E-state index is -1.36. The van der Waals surface area contributed by atoms with Crippen molar-refractivity contribution in [3.63, 3.8) is 0 Å². The van der Waals surface area contributed by atoms with Gasteiger partial charge in [0.1, 0.15) is 0 Å². The molecule has 0 bridgehead atoms. The standard InChI is InChI=1S/C16H25BO2/c1-13(2)5-4-6-14(3)7-8-15-9-11-16(12-10-15)17(18)19/h5,9-12,14,18-19H,4,6-8H2,1-3H3/t14-/m0/s1. The Bertz CT molecular complexity index is 392. The van der Waals surface area contributed by atoms with Gasteiger partial charge in [0.05, 0.1) is 0 Å². The molecule has 0 aliphatic rings. The maximum atomic E-state index is 9.02. The summed E-state index contributed by atoms with van der Waals surface area (Å²) in [6, 6.07) is 7.54. The van der Waals surface area contributed by atoms with E-state index in [-0.39, 0.29) is 0 Å². The molecule has 104 valence electrons. The zero-order valence-corrected chi connectivity index (χ0v) is 12.3. The van der Waals surface area contributed by atoms with Crippen LogP contribution < -0.4 is 5.46 Å². The van der Waals surface area contributed by atoms with Crippen LogP contribution in [0.15, 0.2) is 35.9 Å². The van der Waals surface area contributed by atoms with E-state index in [9.17, 15) is 0 Å². The molecule has 1 aromatic rings. The topological polar surface area (TPSA) is 40.5 Å². The minimum Gasteiger partial charge on any atom is -0.423 e. The number of allylic oxidation sites excluding steroid dienone is 2. The van der Waals surface area contributed by atoms with Crippen LogP contribution >= 0.6 is 0 Å². The molecule has 0 radical (unpaired) electrons. The lowest BCUT2D eigenvalue weighted by atomic mass is 9.80. The van der Waals surface area contributed by atoms with Gasteiger partial charge in [0.2, 0.25) is 0 Å². The monoisotopic (exact) mass is 260 g/mol. The van der Waals surface area contributed by atoms with E-state index < -0.39 is 7.12 Å². The van der Waals surface area contributed by atoms with Crippen molar-refractivity contribution in [3.05, 3.63) is 41.5 Å². The van der Waals surface area contributed by atoms with Crippen molar-refractivity contribution < 1.29 is 10.0 Å². The lowest BCUT2D eigenvalue weighted by Gasteiger charge is -2.10. The van der Waals surface area contributed by atoms with Crippen LogP contribution in [-0.4, -0.2) is 17.2 Å². The summed E-state index contributed by atoms with van der Waals surface area (Å²) in [5.41, 5.74) is 3.21. The molecule has 2 N–H and O–H groups in total. The van der Waals surface area contributed by atoms with Crippen LogP contribution in [-0.2, 0) is 6.42 Å². The summed E-state index contributed by atoms with van der Waals surface area (Å²) >= 11 is 0. The van der Waals surface area contributed by atoms with Gasteiger partial charge in [-0.1, -0.05) is 42.8 Å². The zero-order chi connectivity index (χ0) is 14.3. The average molecular weight is 260 g/mol. The molecule has 0 unspecified atom stereocenters. The predicted octanol–water partition coefficient (Wildman–Crippen LogP) is 2.68. The van der Waals surface area contributed by atoms with Crippen molar-refractivity contribution in [1.29, 1.82) is 0 Å². The van der Waals surface area contributed by atoms with Gasteiger partial charge in [-0.05, 0) is 56.5 Å². The van der Waals surface area contributed by atoms with E-state index in [1.807, 2.05) is 12.1 Å². The zero-order valence-electron chi connectivity index (χ0n) is 12.3. The molecule has 3 heteroatoms. The molecule has 1 rings (SSSR count). The summed E-state index contributed by atoms with van der Waals surface area (Å²) in [5.74, 6) is 0.721. The Kier molecular flexibility index (Phi) is 6.89. The van der Waals surface area contributed by atoms with Crippen LogP contribution in [0.3, 0.4) is 0 Å². The van der Waals surface area contributed by atoms with Crippen LogP contribution in [0.5, 0.6) is 0 Å². The van der Waals surface area contributed by atoms with Crippen LogP contribution in [0, 0.1) is 5.92 Å². The molecule has 0 saturated heterocycles. The van der Waals surface area contributed by atoms with Gasteiger partial charge >= 0.3 is 7.12 Å².